The number of hydrogen-bond donors (Lipinski definition) is 2. The number of nitrogens with one attached hydrogen (secondary N) is 2. The summed E-state index contributed by atoms with van der Waals surface area (Å²) in [4.78, 5) is 26.4. The molecule has 0 radical (unpaired) electrons. The minimum Gasteiger partial charge on any atom is -0.369 e. The number of rotatable bonds is 6. The topological polar surface area (TPSA) is 61.4 Å². The van der Waals surface area contributed by atoms with Crippen LogP contribution in [-0.4, -0.2) is 24.4 Å². The van der Waals surface area contributed by atoms with Gasteiger partial charge in [-0.2, -0.15) is 0 Å². The lowest BCUT2D eigenvalue weighted by Crippen LogP contribution is -2.30. The second kappa shape index (κ2) is 7.82. The first-order valence-corrected chi connectivity index (χ1v) is 9.49. The Bertz CT molecular complexity index is 843. The van der Waals surface area contributed by atoms with E-state index in [2.05, 4.69) is 36.3 Å². The zero-order valence-corrected chi connectivity index (χ0v) is 16.4. The lowest BCUT2D eigenvalue weighted by atomic mass is 10.0. The Morgan fingerprint density at radius 1 is 1.15 bits per heavy atom. The van der Waals surface area contributed by atoms with E-state index in [0.717, 1.165) is 29.0 Å². The molecular weight excluding hydrogens is 338 g/mol. The first kappa shape index (κ1) is 19.0. The summed E-state index contributed by atoms with van der Waals surface area (Å²) >= 11 is 0. The third-order valence-electron chi connectivity index (χ3n) is 5.03. The van der Waals surface area contributed by atoms with Gasteiger partial charge < -0.3 is 15.5 Å². The van der Waals surface area contributed by atoms with Crippen LogP contribution in [-0.2, 0) is 11.2 Å². The maximum Gasteiger partial charge on any atom is 0.251 e. The molecule has 5 nitrogen and oxygen atoms in total. The van der Waals surface area contributed by atoms with Crippen molar-refractivity contribution in [1.82, 2.24) is 5.32 Å². The number of carbonyl (C=O) groups excluding carboxylic acids is 2. The Morgan fingerprint density at radius 2 is 1.85 bits per heavy atom. The zero-order chi connectivity index (χ0) is 19.6. The predicted molar refractivity (Wildman–Crippen MR) is 109 cm³/mol. The highest BCUT2D eigenvalue weighted by molar-refractivity contribution is 5.99. The van der Waals surface area contributed by atoms with Gasteiger partial charge in [-0.15, -0.1) is 0 Å². The summed E-state index contributed by atoms with van der Waals surface area (Å²) < 4.78 is 0. The minimum atomic E-state index is -0.138. The van der Waals surface area contributed by atoms with Crippen molar-refractivity contribution in [1.29, 1.82) is 0 Å². The van der Waals surface area contributed by atoms with Gasteiger partial charge in [-0.25, -0.2) is 0 Å². The van der Waals surface area contributed by atoms with E-state index in [1.165, 1.54) is 0 Å². The number of benzene rings is 2. The molecule has 1 aliphatic heterocycles. The van der Waals surface area contributed by atoms with E-state index in [-0.39, 0.29) is 17.9 Å². The van der Waals surface area contributed by atoms with Crippen LogP contribution in [0, 0.1) is 0 Å². The number of carbonyl (C=O) groups is 2. The Hall–Kier alpha value is -2.82. The minimum absolute atomic E-state index is 0.0152. The third-order valence-corrected chi connectivity index (χ3v) is 5.03. The normalized spacial score (nSPS) is 13.9. The molecule has 3 rings (SSSR count). The molecule has 1 aliphatic rings. The molecule has 1 unspecified atom stereocenters. The summed E-state index contributed by atoms with van der Waals surface area (Å²) in [5.74, 6) is -0.0854. The number of hydrogen-bond acceptors (Lipinski definition) is 3. The highest BCUT2D eigenvalue weighted by atomic mass is 16.2. The Morgan fingerprint density at radius 3 is 2.48 bits per heavy atom. The van der Waals surface area contributed by atoms with Crippen LogP contribution in [0.25, 0.3) is 0 Å². The maximum atomic E-state index is 12.6. The molecule has 2 N–H and O–H groups in total. The fourth-order valence-electron chi connectivity index (χ4n) is 3.53. The van der Waals surface area contributed by atoms with E-state index in [0.29, 0.717) is 18.0 Å². The van der Waals surface area contributed by atoms with E-state index >= 15 is 0 Å². The lowest BCUT2D eigenvalue weighted by molar-refractivity contribution is -0.115. The van der Waals surface area contributed by atoms with Gasteiger partial charge >= 0.3 is 0 Å². The van der Waals surface area contributed by atoms with Gasteiger partial charge in [0.25, 0.3) is 5.91 Å². The number of amides is 2. The van der Waals surface area contributed by atoms with Crippen molar-refractivity contribution in [2.24, 2.45) is 0 Å². The summed E-state index contributed by atoms with van der Waals surface area (Å²) in [5.41, 5.74) is 4.60. The van der Waals surface area contributed by atoms with Gasteiger partial charge in [0.1, 0.15) is 0 Å². The molecule has 27 heavy (non-hydrogen) atoms. The Kier molecular flexibility index (Phi) is 5.49. The fraction of sp³-hybridized carbons (Fsp3) is 0.364. The molecule has 0 aliphatic carbocycles. The van der Waals surface area contributed by atoms with Crippen molar-refractivity contribution >= 4 is 23.2 Å². The monoisotopic (exact) mass is 365 g/mol. The molecule has 2 aromatic rings. The molecule has 1 atom stereocenters. The van der Waals surface area contributed by atoms with Crippen molar-refractivity contribution in [3.63, 3.8) is 0 Å². The Balaban J connectivity index is 1.68. The molecule has 0 aromatic heterocycles. The first-order chi connectivity index (χ1) is 12.9. The van der Waals surface area contributed by atoms with Crippen molar-refractivity contribution in [2.45, 2.75) is 46.2 Å². The largest absolute Gasteiger partial charge is 0.369 e. The number of fused-ring (bicyclic) bond motifs is 1. The lowest BCUT2D eigenvalue weighted by Gasteiger charge is -2.27. The van der Waals surface area contributed by atoms with Gasteiger partial charge in [-0.1, -0.05) is 12.1 Å². The third kappa shape index (κ3) is 4.13. The van der Waals surface area contributed by atoms with Gasteiger partial charge in [0.2, 0.25) is 5.91 Å². The average molecular weight is 365 g/mol. The van der Waals surface area contributed by atoms with Gasteiger partial charge in [-0.05, 0) is 69.2 Å². The second-order valence-electron chi connectivity index (χ2n) is 7.26. The molecule has 2 amide bonds. The summed E-state index contributed by atoms with van der Waals surface area (Å²) in [6.07, 6.45) is 0.398. The van der Waals surface area contributed by atoms with Crippen LogP contribution in [0.2, 0.25) is 0 Å². The molecule has 142 valence electrons. The van der Waals surface area contributed by atoms with E-state index in [1.54, 1.807) is 0 Å². The standard InChI is InChI=1S/C22H27N3O2/c1-5-25(14(2)3)19-9-6-16(7-10-19)22(27)23-15(4)17-8-11-20-18(12-17)13-21(26)24-20/h6-12,14-15H,5,13H2,1-4H3,(H,23,27)(H,24,26). The van der Waals surface area contributed by atoms with Crippen LogP contribution in [0.15, 0.2) is 42.5 Å². The van der Waals surface area contributed by atoms with Crippen LogP contribution in [0.1, 0.15) is 55.2 Å². The molecule has 1 heterocycles. The van der Waals surface area contributed by atoms with Crippen LogP contribution >= 0.6 is 0 Å². The molecule has 0 saturated carbocycles. The van der Waals surface area contributed by atoms with Crippen molar-refractivity contribution in [2.75, 3.05) is 16.8 Å². The summed E-state index contributed by atoms with van der Waals surface area (Å²) in [7, 11) is 0. The molecule has 0 bridgehead atoms. The van der Waals surface area contributed by atoms with Crippen molar-refractivity contribution in [3.05, 3.63) is 59.2 Å². The van der Waals surface area contributed by atoms with Crippen molar-refractivity contribution < 1.29 is 9.59 Å². The molecule has 0 spiro atoms. The van der Waals surface area contributed by atoms with Crippen molar-refractivity contribution in [3.8, 4) is 0 Å². The van der Waals surface area contributed by atoms with Gasteiger partial charge in [0, 0.05) is 29.5 Å². The predicted octanol–water partition coefficient (Wildman–Crippen LogP) is 3.91. The molecular formula is C22H27N3O2. The SMILES string of the molecule is CCN(c1ccc(C(=O)NC(C)c2ccc3c(c2)CC(=O)N3)cc1)C(C)C. The van der Waals surface area contributed by atoms with Crippen LogP contribution < -0.4 is 15.5 Å². The Labute approximate surface area is 160 Å². The van der Waals surface area contributed by atoms with Crippen LogP contribution in [0.4, 0.5) is 11.4 Å². The molecule has 5 heteroatoms. The van der Waals surface area contributed by atoms with Gasteiger partial charge in [0.15, 0.2) is 0 Å². The van der Waals surface area contributed by atoms with Crippen LogP contribution in [0.5, 0.6) is 0 Å². The molecule has 0 saturated heterocycles. The first-order valence-electron chi connectivity index (χ1n) is 9.49. The number of anilines is 2. The molecule has 0 fully saturated rings. The maximum absolute atomic E-state index is 12.6. The fourth-order valence-corrected chi connectivity index (χ4v) is 3.53. The second-order valence-corrected chi connectivity index (χ2v) is 7.26. The van der Waals surface area contributed by atoms with E-state index in [1.807, 2.05) is 49.4 Å². The average Bonchev–Trinajstić information content (AvgIpc) is 3.01. The van der Waals surface area contributed by atoms with E-state index < -0.39 is 0 Å². The van der Waals surface area contributed by atoms with Gasteiger partial charge in [0.05, 0.1) is 12.5 Å². The van der Waals surface area contributed by atoms with E-state index in [9.17, 15) is 9.59 Å². The summed E-state index contributed by atoms with van der Waals surface area (Å²) in [6, 6.07) is 13.8. The van der Waals surface area contributed by atoms with E-state index in [4.69, 9.17) is 0 Å². The molecule has 2 aromatic carbocycles. The number of nitrogens with zero attached hydrogens (tertiary/aromatic N) is 1. The smallest absolute Gasteiger partial charge is 0.251 e. The van der Waals surface area contributed by atoms with Crippen LogP contribution in [0.3, 0.4) is 0 Å². The summed E-state index contributed by atoms with van der Waals surface area (Å²) in [5, 5.41) is 5.87. The highest BCUT2D eigenvalue weighted by Gasteiger charge is 2.19. The quantitative estimate of drug-likeness (QED) is 0.816. The highest BCUT2D eigenvalue weighted by Crippen LogP contribution is 2.26. The van der Waals surface area contributed by atoms with Gasteiger partial charge in [-0.3, -0.25) is 9.59 Å². The summed E-state index contributed by atoms with van der Waals surface area (Å²) in [6.45, 7) is 9.32. The zero-order valence-electron chi connectivity index (χ0n) is 16.4.